The molecular formula is C17H22ClNO4. The van der Waals surface area contributed by atoms with E-state index < -0.39 is 23.7 Å². The zero-order valence-corrected chi connectivity index (χ0v) is 14.6. The first-order chi connectivity index (χ1) is 10.7. The Morgan fingerprint density at radius 3 is 2.65 bits per heavy atom. The topological polar surface area (TPSA) is 64.6 Å². The van der Waals surface area contributed by atoms with Crippen molar-refractivity contribution in [3.05, 3.63) is 34.3 Å². The largest absolute Gasteiger partial charge is 0.466 e. The van der Waals surface area contributed by atoms with Gasteiger partial charge in [-0.25, -0.2) is 4.79 Å². The summed E-state index contributed by atoms with van der Waals surface area (Å²) >= 11 is 6.23. The van der Waals surface area contributed by atoms with Crippen molar-refractivity contribution >= 4 is 23.7 Å². The van der Waals surface area contributed by atoms with Crippen LogP contribution >= 0.6 is 11.6 Å². The number of alkyl carbamates (subject to hydrolysis) is 1. The van der Waals surface area contributed by atoms with Crippen LogP contribution in [0, 0.1) is 5.92 Å². The van der Waals surface area contributed by atoms with Crippen molar-refractivity contribution in [1.29, 1.82) is 0 Å². The van der Waals surface area contributed by atoms with Gasteiger partial charge in [0.2, 0.25) is 0 Å². The minimum absolute atomic E-state index is 0.290. The summed E-state index contributed by atoms with van der Waals surface area (Å²) in [6.07, 6.45) is -0.126. The highest BCUT2D eigenvalue weighted by atomic mass is 35.5. The molecule has 1 N–H and O–H groups in total. The minimum atomic E-state index is -0.612. The molecule has 23 heavy (non-hydrogen) atoms. The molecule has 6 heteroatoms. The van der Waals surface area contributed by atoms with Crippen LogP contribution in [0.15, 0.2) is 18.2 Å². The summed E-state index contributed by atoms with van der Waals surface area (Å²) in [6, 6.07) is 4.94. The average molecular weight is 340 g/mol. The number of hydrogen-bond acceptors (Lipinski definition) is 4. The zero-order chi connectivity index (χ0) is 17.2. The quantitative estimate of drug-likeness (QED) is 0.854. The van der Waals surface area contributed by atoms with Crippen LogP contribution in [0.25, 0.3) is 0 Å². The van der Waals surface area contributed by atoms with E-state index >= 15 is 0 Å². The molecule has 2 unspecified atom stereocenters. The smallest absolute Gasteiger partial charge is 0.408 e. The number of carbonyl (C=O) groups excluding carboxylic acids is 2. The van der Waals surface area contributed by atoms with Crippen molar-refractivity contribution in [2.24, 2.45) is 5.92 Å². The van der Waals surface area contributed by atoms with Crippen LogP contribution in [0.5, 0.6) is 0 Å². The van der Waals surface area contributed by atoms with E-state index in [0.29, 0.717) is 18.1 Å². The van der Waals surface area contributed by atoms with E-state index in [4.69, 9.17) is 21.1 Å². The van der Waals surface area contributed by atoms with Crippen LogP contribution in [-0.4, -0.2) is 24.3 Å². The third-order valence-corrected chi connectivity index (χ3v) is 3.93. The predicted molar refractivity (Wildman–Crippen MR) is 87.4 cm³/mol. The molecule has 0 aliphatic heterocycles. The highest BCUT2D eigenvalue weighted by Gasteiger charge is 2.40. The van der Waals surface area contributed by atoms with Crippen LogP contribution in [0.4, 0.5) is 4.79 Å². The molecule has 0 radical (unpaired) electrons. The van der Waals surface area contributed by atoms with Gasteiger partial charge in [0.05, 0.1) is 18.6 Å². The lowest BCUT2D eigenvalue weighted by Gasteiger charge is -2.24. The number of benzene rings is 1. The molecule has 0 saturated carbocycles. The maximum Gasteiger partial charge on any atom is 0.408 e. The number of rotatable bonds is 3. The van der Waals surface area contributed by atoms with Crippen molar-refractivity contribution in [3.8, 4) is 0 Å². The van der Waals surface area contributed by atoms with Crippen LogP contribution in [0.3, 0.4) is 0 Å². The van der Waals surface area contributed by atoms with Gasteiger partial charge < -0.3 is 14.8 Å². The van der Waals surface area contributed by atoms with Gasteiger partial charge in [0.15, 0.2) is 0 Å². The molecule has 1 aliphatic carbocycles. The SMILES string of the molecule is CCOC(=O)C1Cc2c(Cl)cccc2C1NC(=O)OC(C)(C)C. The van der Waals surface area contributed by atoms with E-state index in [-0.39, 0.29) is 5.97 Å². The molecule has 0 heterocycles. The lowest BCUT2D eigenvalue weighted by Crippen LogP contribution is -2.38. The molecule has 1 aliphatic rings. The van der Waals surface area contributed by atoms with E-state index in [0.717, 1.165) is 11.1 Å². The molecular weight excluding hydrogens is 318 g/mol. The van der Waals surface area contributed by atoms with Crippen LogP contribution in [0.1, 0.15) is 44.9 Å². The molecule has 126 valence electrons. The first kappa shape index (κ1) is 17.6. The highest BCUT2D eigenvalue weighted by molar-refractivity contribution is 6.31. The molecule has 0 spiro atoms. The van der Waals surface area contributed by atoms with Crippen molar-refractivity contribution in [2.45, 2.75) is 45.8 Å². The third kappa shape index (κ3) is 4.16. The van der Waals surface area contributed by atoms with Crippen molar-refractivity contribution in [1.82, 2.24) is 5.32 Å². The van der Waals surface area contributed by atoms with E-state index in [2.05, 4.69) is 5.32 Å². The number of amides is 1. The monoisotopic (exact) mass is 339 g/mol. The second-order valence-electron chi connectivity index (χ2n) is 6.49. The number of halogens is 1. The molecule has 1 aromatic carbocycles. The van der Waals surface area contributed by atoms with Gasteiger partial charge in [0, 0.05) is 5.02 Å². The van der Waals surface area contributed by atoms with E-state index in [1.807, 2.05) is 6.07 Å². The molecule has 2 rings (SSSR count). The average Bonchev–Trinajstić information content (AvgIpc) is 2.77. The van der Waals surface area contributed by atoms with Gasteiger partial charge in [-0.1, -0.05) is 23.7 Å². The van der Waals surface area contributed by atoms with Crippen molar-refractivity contribution < 1.29 is 19.1 Å². The van der Waals surface area contributed by atoms with Crippen LogP contribution in [0.2, 0.25) is 5.02 Å². The summed E-state index contributed by atoms with van der Waals surface area (Å²) in [5.74, 6) is -0.849. The van der Waals surface area contributed by atoms with Crippen LogP contribution < -0.4 is 5.32 Å². The number of carbonyl (C=O) groups is 2. The predicted octanol–water partition coefficient (Wildman–Crippen LogP) is 3.64. The summed E-state index contributed by atoms with van der Waals surface area (Å²) in [5.41, 5.74) is 1.09. The van der Waals surface area contributed by atoms with Gasteiger partial charge >= 0.3 is 12.1 Å². The summed E-state index contributed by atoms with van der Waals surface area (Å²) in [4.78, 5) is 24.4. The highest BCUT2D eigenvalue weighted by Crippen LogP contribution is 2.40. The molecule has 0 saturated heterocycles. The van der Waals surface area contributed by atoms with Gasteiger partial charge in [-0.15, -0.1) is 0 Å². The second kappa shape index (κ2) is 6.79. The van der Waals surface area contributed by atoms with E-state index in [1.165, 1.54) is 0 Å². The number of hydrogen-bond donors (Lipinski definition) is 1. The van der Waals surface area contributed by atoms with Crippen LogP contribution in [-0.2, 0) is 20.7 Å². The standard InChI is InChI=1S/C17H22ClNO4/c1-5-22-15(20)12-9-11-10(7-6-8-13(11)18)14(12)19-16(21)23-17(2,3)4/h6-8,12,14H,5,9H2,1-4H3,(H,19,21). The Kier molecular flexibility index (Phi) is 5.19. The summed E-state index contributed by atoms with van der Waals surface area (Å²) in [6.45, 7) is 7.40. The van der Waals surface area contributed by atoms with Gasteiger partial charge in [0.1, 0.15) is 5.60 Å². The minimum Gasteiger partial charge on any atom is -0.466 e. The summed E-state index contributed by atoms with van der Waals surface area (Å²) in [5, 5.41) is 3.38. The normalized spacial score (nSPS) is 19.9. The fraction of sp³-hybridized carbons (Fsp3) is 0.529. The number of nitrogens with one attached hydrogen (secondary N) is 1. The summed E-state index contributed by atoms with van der Waals surface area (Å²) in [7, 11) is 0. The number of esters is 1. The van der Waals surface area contributed by atoms with E-state index in [9.17, 15) is 9.59 Å². The Labute approximate surface area is 141 Å². The van der Waals surface area contributed by atoms with E-state index in [1.54, 1.807) is 39.8 Å². The first-order valence-corrected chi connectivity index (χ1v) is 8.04. The van der Waals surface area contributed by atoms with Gasteiger partial charge in [-0.05, 0) is 51.3 Å². The van der Waals surface area contributed by atoms with Gasteiger partial charge in [-0.3, -0.25) is 4.79 Å². The fourth-order valence-corrected chi connectivity index (χ4v) is 2.98. The molecule has 0 bridgehead atoms. The van der Waals surface area contributed by atoms with Crippen molar-refractivity contribution in [2.75, 3.05) is 6.61 Å². The Morgan fingerprint density at radius 1 is 1.35 bits per heavy atom. The number of fused-ring (bicyclic) bond motifs is 1. The zero-order valence-electron chi connectivity index (χ0n) is 13.8. The molecule has 0 aromatic heterocycles. The maximum atomic E-state index is 12.2. The lowest BCUT2D eigenvalue weighted by molar-refractivity contribution is -0.148. The Hall–Kier alpha value is -1.75. The molecule has 1 amide bonds. The summed E-state index contributed by atoms with van der Waals surface area (Å²) < 4.78 is 10.4. The number of ether oxygens (including phenoxy) is 2. The van der Waals surface area contributed by atoms with Gasteiger partial charge in [-0.2, -0.15) is 0 Å². The molecule has 2 atom stereocenters. The fourth-order valence-electron chi connectivity index (χ4n) is 2.72. The Bertz CT molecular complexity index is 609. The second-order valence-corrected chi connectivity index (χ2v) is 6.90. The Morgan fingerprint density at radius 2 is 2.04 bits per heavy atom. The molecule has 0 fully saturated rings. The first-order valence-electron chi connectivity index (χ1n) is 7.66. The lowest BCUT2D eigenvalue weighted by atomic mass is 10.0. The molecule has 5 nitrogen and oxygen atoms in total. The van der Waals surface area contributed by atoms with Crippen molar-refractivity contribution in [3.63, 3.8) is 0 Å². The third-order valence-electron chi connectivity index (χ3n) is 3.58. The Balaban J connectivity index is 2.26. The maximum absolute atomic E-state index is 12.2. The van der Waals surface area contributed by atoms with Gasteiger partial charge in [0.25, 0.3) is 0 Å². The molecule has 1 aromatic rings.